The van der Waals surface area contributed by atoms with Gasteiger partial charge in [0, 0.05) is 49.5 Å². The van der Waals surface area contributed by atoms with Crippen LogP contribution in [-0.4, -0.2) is 78.2 Å². The summed E-state index contributed by atoms with van der Waals surface area (Å²) in [6, 6.07) is -2.75. The second-order valence-electron chi connectivity index (χ2n) is 15.3. The Hall–Kier alpha value is -3.88. The van der Waals surface area contributed by atoms with E-state index >= 15 is 0 Å². The van der Waals surface area contributed by atoms with Gasteiger partial charge in [-0.15, -0.1) is 0 Å². The molecular formula is C38H70N8O7. The Morgan fingerprint density at radius 3 is 1.51 bits per heavy atom. The van der Waals surface area contributed by atoms with Crippen LogP contribution < -0.4 is 38.9 Å². The molecule has 0 aliphatic rings. The van der Waals surface area contributed by atoms with Crippen molar-refractivity contribution in [1.29, 1.82) is 0 Å². The summed E-state index contributed by atoms with van der Waals surface area (Å²) < 4.78 is 0. The fourth-order valence-corrected chi connectivity index (χ4v) is 5.93. The van der Waals surface area contributed by atoms with Crippen molar-refractivity contribution in [3.8, 4) is 0 Å². The van der Waals surface area contributed by atoms with Gasteiger partial charge in [0.25, 0.3) is 0 Å². The number of guanidine groups is 1. The molecule has 0 radical (unpaired) electrons. The van der Waals surface area contributed by atoms with Crippen LogP contribution in [0, 0.1) is 41.4 Å². The maximum atomic E-state index is 13.9. The summed E-state index contributed by atoms with van der Waals surface area (Å²) >= 11 is 0. The van der Waals surface area contributed by atoms with Gasteiger partial charge < -0.3 is 38.9 Å². The maximum absolute atomic E-state index is 13.9. The molecule has 0 spiro atoms. The SMILES string of the molecule is CC[C@H](C)[C@H](CC(=O)[C@H](C)NC(=O)[C@@H](CC(=O)[C@H](CCCN=C(N)N)NC(=O)[C@@H](CC(=O)[C@H](C)NC(=O)[C@@H](C)CCCCN)C(C)C)C(C)C)C(N)=O. The van der Waals surface area contributed by atoms with Crippen LogP contribution in [0.3, 0.4) is 0 Å². The molecule has 0 aromatic heterocycles. The van der Waals surface area contributed by atoms with Gasteiger partial charge in [-0.1, -0.05) is 61.3 Å². The zero-order chi connectivity index (χ0) is 41.0. The monoisotopic (exact) mass is 751 g/mol. The standard InChI is InChI=1S/C38H70N8O7/c1-10-23(6)29(34(40)50)20-32(48)26(9)45-36(52)28(22(4)5)19-33(49)30(15-13-17-43-38(41)42)46-37(53)27(21(2)3)18-31(47)25(8)44-35(51)24(7)14-11-12-16-39/h21-30H,10-20,39H2,1-9H3,(H2,40,50)(H,44,51)(H,45,52)(H,46,53)(H4,41,42,43)/t23-,24-,25-,26-,27-,28-,29-,30-/m0/s1. The van der Waals surface area contributed by atoms with Crippen LogP contribution in [0.15, 0.2) is 4.99 Å². The smallest absolute Gasteiger partial charge is 0.224 e. The van der Waals surface area contributed by atoms with Crippen molar-refractivity contribution in [1.82, 2.24) is 16.0 Å². The molecule has 0 saturated heterocycles. The highest BCUT2D eigenvalue weighted by Crippen LogP contribution is 2.23. The van der Waals surface area contributed by atoms with Crippen molar-refractivity contribution in [3.63, 3.8) is 0 Å². The quantitative estimate of drug-likeness (QED) is 0.0346. The minimum Gasteiger partial charge on any atom is -0.370 e. The second kappa shape index (κ2) is 25.2. The first kappa shape index (κ1) is 49.1. The van der Waals surface area contributed by atoms with E-state index in [-0.39, 0.29) is 79.3 Å². The van der Waals surface area contributed by atoms with Gasteiger partial charge in [0.2, 0.25) is 23.6 Å². The highest BCUT2D eigenvalue weighted by Gasteiger charge is 2.35. The molecule has 304 valence electrons. The molecular weight excluding hydrogens is 680 g/mol. The third-order valence-corrected chi connectivity index (χ3v) is 10.1. The Morgan fingerprint density at radius 1 is 0.585 bits per heavy atom. The molecule has 0 aromatic carbocycles. The number of carbonyl (C=O) groups excluding carboxylic acids is 7. The number of unbranched alkanes of at least 4 members (excludes halogenated alkanes) is 1. The fourth-order valence-electron chi connectivity index (χ4n) is 5.93. The van der Waals surface area contributed by atoms with Crippen LogP contribution in [0.5, 0.6) is 0 Å². The lowest BCUT2D eigenvalue weighted by Gasteiger charge is -2.27. The van der Waals surface area contributed by atoms with Crippen LogP contribution >= 0.6 is 0 Å². The Bertz CT molecular complexity index is 1250. The molecule has 0 heterocycles. The number of amides is 4. The van der Waals surface area contributed by atoms with Gasteiger partial charge in [-0.2, -0.15) is 0 Å². The number of hydrogen-bond donors (Lipinski definition) is 7. The van der Waals surface area contributed by atoms with E-state index < -0.39 is 59.4 Å². The van der Waals surface area contributed by atoms with Gasteiger partial charge in [0.05, 0.1) is 18.1 Å². The largest absolute Gasteiger partial charge is 0.370 e. The molecule has 0 bridgehead atoms. The zero-order valence-corrected chi connectivity index (χ0v) is 33.7. The molecule has 0 rings (SSSR count). The summed E-state index contributed by atoms with van der Waals surface area (Å²) in [4.78, 5) is 95.9. The van der Waals surface area contributed by atoms with E-state index in [1.54, 1.807) is 41.5 Å². The van der Waals surface area contributed by atoms with E-state index in [1.165, 1.54) is 6.92 Å². The van der Waals surface area contributed by atoms with Crippen molar-refractivity contribution < 1.29 is 33.6 Å². The van der Waals surface area contributed by atoms with Gasteiger partial charge in [0.15, 0.2) is 23.3 Å². The van der Waals surface area contributed by atoms with Crippen molar-refractivity contribution in [2.75, 3.05) is 13.1 Å². The molecule has 15 heteroatoms. The number of hydrogen-bond acceptors (Lipinski definition) is 9. The Kier molecular flexibility index (Phi) is 23.4. The summed E-state index contributed by atoms with van der Waals surface area (Å²) in [6.45, 7) is 16.6. The first-order chi connectivity index (χ1) is 24.7. The average molecular weight is 751 g/mol. The predicted molar refractivity (Wildman–Crippen MR) is 207 cm³/mol. The van der Waals surface area contributed by atoms with Crippen molar-refractivity contribution in [3.05, 3.63) is 0 Å². The molecule has 8 atom stereocenters. The lowest BCUT2D eigenvalue weighted by atomic mass is 9.84. The topological polar surface area (TPSA) is 272 Å². The maximum Gasteiger partial charge on any atom is 0.224 e. The van der Waals surface area contributed by atoms with Crippen molar-refractivity contribution in [2.24, 2.45) is 69.4 Å². The molecule has 0 fully saturated rings. The molecule has 53 heavy (non-hydrogen) atoms. The number of primary amides is 1. The molecule has 11 N–H and O–H groups in total. The van der Waals surface area contributed by atoms with Crippen LogP contribution in [0.25, 0.3) is 0 Å². The fraction of sp³-hybridized carbons (Fsp3) is 0.789. The highest BCUT2D eigenvalue weighted by molar-refractivity contribution is 5.97. The summed E-state index contributed by atoms with van der Waals surface area (Å²) in [5, 5.41) is 8.30. The lowest BCUT2D eigenvalue weighted by Crippen LogP contribution is -2.49. The van der Waals surface area contributed by atoms with Gasteiger partial charge in [-0.25, -0.2) is 0 Å². The Labute approximate surface area is 316 Å². The molecule has 0 unspecified atom stereocenters. The van der Waals surface area contributed by atoms with Crippen LogP contribution in [0.1, 0.15) is 120 Å². The summed E-state index contributed by atoms with van der Waals surface area (Å²) in [6.07, 6.45) is 2.92. The Balaban J connectivity index is 5.92. The normalized spacial score (nSPS) is 15.9. The number of ketones is 3. The van der Waals surface area contributed by atoms with Gasteiger partial charge >= 0.3 is 0 Å². The molecule has 0 aliphatic carbocycles. The summed E-state index contributed by atoms with van der Waals surface area (Å²) in [7, 11) is 0. The van der Waals surface area contributed by atoms with Gasteiger partial charge in [-0.05, 0) is 63.8 Å². The second-order valence-corrected chi connectivity index (χ2v) is 15.3. The number of nitrogens with two attached hydrogens (primary N) is 4. The van der Waals surface area contributed by atoms with Gasteiger partial charge in [0.1, 0.15) is 0 Å². The first-order valence-corrected chi connectivity index (χ1v) is 19.2. The molecule has 0 aromatic rings. The van der Waals surface area contributed by atoms with E-state index in [0.717, 1.165) is 12.8 Å². The average Bonchev–Trinajstić information content (AvgIpc) is 3.07. The summed E-state index contributed by atoms with van der Waals surface area (Å²) in [5.41, 5.74) is 22.0. The predicted octanol–water partition coefficient (Wildman–Crippen LogP) is 1.87. The first-order valence-electron chi connectivity index (χ1n) is 19.2. The number of nitrogens with one attached hydrogen (secondary N) is 3. The third kappa shape index (κ3) is 18.6. The van der Waals surface area contributed by atoms with Crippen LogP contribution in [-0.2, 0) is 33.6 Å². The van der Waals surface area contributed by atoms with Crippen LogP contribution in [0.2, 0.25) is 0 Å². The Morgan fingerprint density at radius 2 is 1.06 bits per heavy atom. The van der Waals surface area contributed by atoms with Crippen molar-refractivity contribution >= 4 is 46.9 Å². The van der Waals surface area contributed by atoms with E-state index in [4.69, 9.17) is 22.9 Å². The van der Waals surface area contributed by atoms with Crippen molar-refractivity contribution in [2.45, 2.75) is 138 Å². The van der Waals surface area contributed by atoms with Crippen LogP contribution in [0.4, 0.5) is 0 Å². The lowest BCUT2D eigenvalue weighted by molar-refractivity contribution is -0.136. The minimum absolute atomic E-state index is 0.109. The minimum atomic E-state index is -1.01. The number of carbonyl (C=O) groups is 7. The summed E-state index contributed by atoms with van der Waals surface area (Å²) in [5.74, 6) is -6.30. The van der Waals surface area contributed by atoms with E-state index in [0.29, 0.717) is 25.8 Å². The zero-order valence-electron chi connectivity index (χ0n) is 33.7. The van der Waals surface area contributed by atoms with E-state index in [1.807, 2.05) is 13.8 Å². The number of aliphatic imine (C=N–C) groups is 1. The number of Topliss-reactive ketones (excluding diaryl/α,β-unsaturated/α-hetero) is 3. The molecule has 0 saturated carbocycles. The van der Waals surface area contributed by atoms with Gasteiger partial charge in [-0.3, -0.25) is 38.6 Å². The molecule has 4 amide bonds. The molecule has 15 nitrogen and oxygen atoms in total. The van der Waals surface area contributed by atoms with E-state index in [2.05, 4.69) is 20.9 Å². The number of rotatable bonds is 28. The number of nitrogens with zero attached hydrogens (tertiary/aromatic N) is 1. The highest BCUT2D eigenvalue weighted by atomic mass is 16.2. The van der Waals surface area contributed by atoms with E-state index in [9.17, 15) is 33.6 Å². The third-order valence-electron chi connectivity index (χ3n) is 10.1. The molecule has 0 aliphatic heterocycles.